The van der Waals surface area contributed by atoms with Crippen molar-refractivity contribution in [1.82, 2.24) is 4.90 Å². The summed E-state index contributed by atoms with van der Waals surface area (Å²) in [6.07, 6.45) is 0. The molecule has 3 rings (SSSR count). The molecule has 1 amide bonds. The van der Waals surface area contributed by atoms with Crippen LogP contribution in [0.25, 0.3) is 0 Å². The van der Waals surface area contributed by atoms with Crippen LogP contribution in [0.4, 0.5) is 4.39 Å². The third-order valence-corrected chi connectivity index (χ3v) is 4.38. The molecule has 0 radical (unpaired) electrons. The molecule has 23 heavy (non-hydrogen) atoms. The van der Waals surface area contributed by atoms with Gasteiger partial charge in [0, 0.05) is 12.6 Å². The van der Waals surface area contributed by atoms with Crippen molar-refractivity contribution < 1.29 is 9.18 Å². The number of carbonyl (C=O) groups excluding carboxylic acids is 1. The molecule has 0 fully saturated rings. The van der Waals surface area contributed by atoms with Crippen molar-refractivity contribution in [2.75, 3.05) is 7.05 Å². The summed E-state index contributed by atoms with van der Waals surface area (Å²) in [7, 11) is 1.58. The highest BCUT2D eigenvalue weighted by atomic mass is 19.1. The van der Waals surface area contributed by atoms with Gasteiger partial charge < -0.3 is 5.73 Å². The van der Waals surface area contributed by atoms with E-state index in [4.69, 9.17) is 5.73 Å². The smallest absolute Gasteiger partial charge is 0.239 e. The molecule has 0 unspecified atom stereocenters. The molecule has 118 valence electrons. The largest absolute Gasteiger partial charge is 0.369 e. The molecule has 5 heteroatoms. The highest BCUT2D eigenvalue weighted by Gasteiger charge is 2.48. The number of carbonyl (C=O) groups is 1. The van der Waals surface area contributed by atoms with Gasteiger partial charge in [-0.05, 0) is 18.6 Å². The third kappa shape index (κ3) is 2.38. The fourth-order valence-corrected chi connectivity index (χ4v) is 3.12. The van der Waals surface area contributed by atoms with Gasteiger partial charge in [-0.3, -0.25) is 9.69 Å². The van der Waals surface area contributed by atoms with Crippen molar-refractivity contribution in [3.63, 3.8) is 0 Å². The molecule has 2 aromatic carbocycles. The monoisotopic (exact) mass is 311 g/mol. The van der Waals surface area contributed by atoms with Gasteiger partial charge in [0.2, 0.25) is 5.91 Å². The molecule has 2 N–H and O–H groups in total. The van der Waals surface area contributed by atoms with Crippen molar-refractivity contribution in [2.45, 2.75) is 18.4 Å². The van der Waals surface area contributed by atoms with Crippen LogP contribution >= 0.6 is 0 Å². The number of benzene rings is 2. The summed E-state index contributed by atoms with van der Waals surface area (Å²) in [6.45, 7) is 1.75. The zero-order chi connectivity index (χ0) is 16.6. The summed E-state index contributed by atoms with van der Waals surface area (Å²) in [6, 6.07) is 15.7. The first-order valence-corrected chi connectivity index (χ1v) is 7.38. The maximum Gasteiger partial charge on any atom is 0.239 e. The number of likely N-dealkylation sites (N-methyl/N-ethyl adjacent to an activating group) is 1. The number of nitrogens with two attached hydrogens (primary N) is 1. The summed E-state index contributed by atoms with van der Waals surface area (Å²) in [5.74, 6) is -1.15. The number of amides is 1. The van der Waals surface area contributed by atoms with Gasteiger partial charge in [-0.25, -0.2) is 9.38 Å². The maximum atomic E-state index is 14.4. The number of halogens is 1. The van der Waals surface area contributed by atoms with E-state index in [2.05, 4.69) is 4.99 Å². The molecular weight excluding hydrogens is 293 g/mol. The van der Waals surface area contributed by atoms with Crippen LogP contribution in [-0.2, 0) is 10.3 Å². The molecule has 1 aliphatic rings. The van der Waals surface area contributed by atoms with E-state index in [1.165, 1.54) is 11.0 Å². The van der Waals surface area contributed by atoms with Gasteiger partial charge >= 0.3 is 0 Å². The van der Waals surface area contributed by atoms with Crippen LogP contribution in [0.2, 0.25) is 0 Å². The van der Waals surface area contributed by atoms with Crippen molar-refractivity contribution in [1.29, 1.82) is 0 Å². The molecular formula is C18H18FN3O. The topological polar surface area (TPSA) is 58.7 Å². The number of hydrogen-bond acceptors (Lipinski definition) is 3. The Balaban J connectivity index is 2.26. The number of hydrogen-bond donors (Lipinski definition) is 1. The maximum absolute atomic E-state index is 14.4. The predicted octanol–water partition coefficient (Wildman–Crippen LogP) is 2.61. The van der Waals surface area contributed by atoms with Gasteiger partial charge in [0.25, 0.3) is 0 Å². The first kappa shape index (κ1) is 15.2. The second kappa shape index (κ2) is 5.50. The van der Waals surface area contributed by atoms with Crippen molar-refractivity contribution in [2.24, 2.45) is 10.7 Å². The van der Waals surface area contributed by atoms with Gasteiger partial charge in [-0.15, -0.1) is 0 Å². The minimum absolute atomic E-state index is 0.0907. The summed E-state index contributed by atoms with van der Waals surface area (Å²) in [4.78, 5) is 18.7. The summed E-state index contributed by atoms with van der Waals surface area (Å²) in [5, 5.41) is 0. The van der Waals surface area contributed by atoms with E-state index in [0.29, 0.717) is 5.56 Å². The fraction of sp³-hybridized carbons (Fsp3) is 0.222. The average Bonchev–Trinajstić information content (AvgIpc) is 2.54. The van der Waals surface area contributed by atoms with Crippen LogP contribution in [0, 0.1) is 5.82 Å². The van der Waals surface area contributed by atoms with Crippen molar-refractivity contribution >= 4 is 11.9 Å². The Morgan fingerprint density at radius 1 is 1.13 bits per heavy atom. The second-order valence-electron chi connectivity index (χ2n) is 5.84. The molecule has 2 aromatic rings. The van der Waals surface area contributed by atoms with E-state index in [1.54, 1.807) is 32.2 Å². The summed E-state index contributed by atoms with van der Waals surface area (Å²) >= 11 is 0. The van der Waals surface area contributed by atoms with E-state index in [1.807, 2.05) is 30.3 Å². The molecule has 0 aromatic heterocycles. The minimum Gasteiger partial charge on any atom is -0.369 e. The van der Waals surface area contributed by atoms with Gasteiger partial charge in [-0.1, -0.05) is 48.5 Å². The van der Waals surface area contributed by atoms with Gasteiger partial charge in [0.1, 0.15) is 11.4 Å². The molecule has 0 bridgehead atoms. The van der Waals surface area contributed by atoms with Crippen LogP contribution in [0.3, 0.4) is 0 Å². The van der Waals surface area contributed by atoms with Crippen LogP contribution in [0.5, 0.6) is 0 Å². The van der Waals surface area contributed by atoms with Crippen LogP contribution in [-0.4, -0.2) is 23.8 Å². The van der Waals surface area contributed by atoms with Gasteiger partial charge in [-0.2, -0.15) is 0 Å². The number of guanidine groups is 1. The lowest BCUT2D eigenvalue weighted by molar-refractivity contribution is -0.130. The van der Waals surface area contributed by atoms with Crippen LogP contribution < -0.4 is 5.73 Å². The summed E-state index contributed by atoms with van der Waals surface area (Å²) < 4.78 is 14.4. The molecule has 0 saturated heterocycles. The van der Waals surface area contributed by atoms with E-state index in [9.17, 15) is 9.18 Å². The quantitative estimate of drug-likeness (QED) is 0.927. The Morgan fingerprint density at radius 3 is 2.39 bits per heavy atom. The zero-order valence-electron chi connectivity index (χ0n) is 13.0. The number of nitrogens with zero attached hydrogens (tertiary/aromatic N) is 2. The molecule has 0 aliphatic carbocycles. The standard InChI is InChI=1S/C18H18FN3O/c1-18(13-10-6-7-11-14(13)19)15(12-8-4-3-5-9-12)16(23)22(2)17(20)21-18/h3-11,15H,1-2H3,(H2,20,21)/t15-,18-/m1/s1. The van der Waals surface area contributed by atoms with Crippen LogP contribution in [0.1, 0.15) is 24.0 Å². The van der Waals surface area contributed by atoms with Crippen molar-refractivity contribution in [3.05, 3.63) is 71.5 Å². The van der Waals surface area contributed by atoms with Gasteiger partial charge in [0.15, 0.2) is 5.96 Å². The molecule has 4 nitrogen and oxygen atoms in total. The molecule has 0 saturated carbocycles. The van der Waals surface area contributed by atoms with E-state index < -0.39 is 17.3 Å². The summed E-state index contributed by atoms with van der Waals surface area (Å²) in [5.41, 5.74) is 5.95. The molecule has 1 heterocycles. The van der Waals surface area contributed by atoms with Crippen LogP contribution in [0.15, 0.2) is 59.6 Å². The van der Waals surface area contributed by atoms with E-state index in [-0.39, 0.29) is 11.9 Å². The lowest BCUT2D eigenvalue weighted by atomic mass is 9.74. The predicted molar refractivity (Wildman–Crippen MR) is 87.3 cm³/mol. The fourth-order valence-electron chi connectivity index (χ4n) is 3.12. The first-order valence-electron chi connectivity index (χ1n) is 7.38. The first-order chi connectivity index (χ1) is 10.9. The second-order valence-corrected chi connectivity index (χ2v) is 5.84. The normalized spacial score (nSPS) is 24.5. The molecule has 2 atom stereocenters. The SMILES string of the molecule is CN1C(=O)[C@@H](c2ccccc2)[C@@](C)(c2ccccc2F)N=C1N. The number of aliphatic imine (C=N–C) groups is 1. The zero-order valence-corrected chi connectivity index (χ0v) is 13.0. The molecule has 0 spiro atoms. The van der Waals surface area contributed by atoms with Gasteiger partial charge in [0.05, 0.1) is 5.92 Å². The third-order valence-electron chi connectivity index (χ3n) is 4.38. The highest BCUT2D eigenvalue weighted by molar-refractivity contribution is 6.02. The lowest BCUT2D eigenvalue weighted by Gasteiger charge is -2.40. The average molecular weight is 311 g/mol. The molecule has 1 aliphatic heterocycles. The van der Waals surface area contributed by atoms with E-state index >= 15 is 0 Å². The number of rotatable bonds is 2. The van der Waals surface area contributed by atoms with E-state index in [0.717, 1.165) is 5.56 Å². The minimum atomic E-state index is -1.10. The Morgan fingerprint density at radius 2 is 1.74 bits per heavy atom. The Hall–Kier alpha value is -2.69. The van der Waals surface area contributed by atoms with Crippen molar-refractivity contribution in [3.8, 4) is 0 Å². The highest BCUT2D eigenvalue weighted by Crippen LogP contribution is 2.44. The Labute approximate surface area is 134 Å². The Kier molecular flexibility index (Phi) is 3.64. The lowest BCUT2D eigenvalue weighted by Crippen LogP contribution is -2.52. The Bertz CT molecular complexity index is 775.